The Hall–Kier alpha value is -3.21. The molecule has 2 aromatic rings. The van der Waals surface area contributed by atoms with Gasteiger partial charge in [0, 0.05) is 22.5 Å². The molecule has 3 fully saturated rings. The second-order valence-electron chi connectivity index (χ2n) is 15.8. The van der Waals surface area contributed by atoms with Gasteiger partial charge in [-0.3, -0.25) is 14.4 Å². The normalized spacial score (nSPS) is 41.2. The SMILES string of the molecule is C.COC(=O)[C@]1(C)CC[C@]2(C)CC[C@]3(C)C4=CC=C5C(=CC(=O)C(=O)C5(C)c5c[nH]c6ccccc56)[C@]4(C)CC[C@@]3(C)[C@@H]2C1. The molecular weight excluding hydrogens is 546 g/mol. The average Bonchev–Trinajstić information content (AvgIpc) is 3.43. The van der Waals surface area contributed by atoms with Crippen molar-refractivity contribution < 1.29 is 19.1 Å². The first kappa shape index (κ1) is 30.8. The van der Waals surface area contributed by atoms with Gasteiger partial charge in [-0.05, 0) is 110 Å². The van der Waals surface area contributed by atoms with Gasteiger partial charge in [0.15, 0.2) is 0 Å². The maximum atomic E-state index is 13.9. The van der Waals surface area contributed by atoms with E-state index in [1.54, 1.807) is 6.08 Å². The fourth-order valence-electron chi connectivity index (χ4n) is 10.8. The number of para-hydroxylation sites is 1. The number of hydrogen-bond acceptors (Lipinski definition) is 4. The average molecular weight is 596 g/mol. The zero-order valence-electron chi connectivity index (χ0n) is 26.8. The molecule has 1 unspecified atom stereocenters. The third kappa shape index (κ3) is 3.56. The summed E-state index contributed by atoms with van der Waals surface area (Å²) in [5.74, 6) is -0.467. The molecule has 0 saturated heterocycles. The number of hydrogen-bond donors (Lipinski definition) is 1. The number of benzene rings is 1. The fraction of sp³-hybridized carbons (Fsp3) is 0.564. The van der Waals surface area contributed by atoms with Crippen molar-refractivity contribution in [1.29, 1.82) is 0 Å². The largest absolute Gasteiger partial charge is 0.469 e. The number of methoxy groups -OCH3 is 1. The molecule has 1 aromatic carbocycles. The molecule has 5 nitrogen and oxygen atoms in total. The maximum absolute atomic E-state index is 13.9. The standard InChI is InChI=1S/C38H45NO4.CH4/c1-33-14-15-34(2,32(42)43-7)21-30(33)37(5)19-17-35(3)25-20-28(40)31(41)38(6,26-22-39-27-11-9-8-10-23(26)27)24(25)12-13-29(35)36(37,4)18-16-33;/h8-13,20,22,30,39H,14-19,21H2,1-7H3;1H4/t30-,33-,34-,35+,36-,37+,38?;/m1./s1. The molecule has 7 atom stereocenters. The van der Waals surface area contributed by atoms with E-state index >= 15 is 0 Å². The predicted octanol–water partition coefficient (Wildman–Crippen LogP) is 8.60. The van der Waals surface area contributed by atoms with Crippen LogP contribution >= 0.6 is 0 Å². The van der Waals surface area contributed by atoms with Gasteiger partial charge in [-0.2, -0.15) is 0 Å². The van der Waals surface area contributed by atoms with E-state index in [0.29, 0.717) is 5.92 Å². The lowest BCUT2D eigenvalue weighted by Gasteiger charge is -2.70. The number of allylic oxidation sites excluding steroid dienone is 6. The van der Waals surface area contributed by atoms with Crippen molar-refractivity contribution >= 4 is 28.4 Å². The molecule has 0 spiro atoms. The van der Waals surface area contributed by atoms with Crippen molar-refractivity contribution in [1.82, 2.24) is 4.98 Å². The topological polar surface area (TPSA) is 76.2 Å². The van der Waals surface area contributed by atoms with Crippen LogP contribution in [0, 0.1) is 33.0 Å². The Morgan fingerprint density at radius 1 is 0.886 bits per heavy atom. The van der Waals surface area contributed by atoms with Gasteiger partial charge >= 0.3 is 5.97 Å². The van der Waals surface area contributed by atoms with E-state index in [4.69, 9.17) is 4.74 Å². The molecule has 0 radical (unpaired) electrons. The molecule has 3 saturated carbocycles. The molecule has 7 rings (SSSR count). The van der Waals surface area contributed by atoms with Gasteiger partial charge in [0.2, 0.25) is 11.6 Å². The summed E-state index contributed by atoms with van der Waals surface area (Å²) in [4.78, 5) is 43.9. The summed E-state index contributed by atoms with van der Waals surface area (Å²) in [5.41, 5.74) is 3.37. The summed E-state index contributed by atoms with van der Waals surface area (Å²) >= 11 is 0. The Morgan fingerprint density at radius 3 is 2.32 bits per heavy atom. The smallest absolute Gasteiger partial charge is 0.311 e. The maximum Gasteiger partial charge on any atom is 0.311 e. The summed E-state index contributed by atoms with van der Waals surface area (Å²) in [6.45, 7) is 13.8. The van der Waals surface area contributed by atoms with Crippen LogP contribution in [0.5, 0.6) is 0 Å². The van der Waals surface area contributed by atoms with Crippen molar-refractivity contribution in [2.75, 3.05) is 7.11 Å². The second-order valence-corrected chi connectivity index (χ2v) is 15.8. The first-order chi connectivity index (χ1) is 20.2. The molecule has 5 aliphatic carbocycles. The van der Waals surface area contributed by atoms with Gasteiger partial charge in [-0.1, -0.05) is 71.0 Å². The van der Waals surface area contributed by atoms with Crippen LogP contribution in [0.2, 0.25) is 0 Å². The number of aromatic amines is 1. The number of carbonyl (C=O) groups excluding carboxylic acids is 3. The molecule has 1 aromatic heterocycles. The minimum Gasteiger partial charge on any atom is -0.469 e. The van der Waals surface area contributed by atoms with Crippen LogP contribution in [-0.2, 0) is 24.5 Å². The monoisotopic (exact) mass is 595 g/mol. The number of esters is 1. The summed E-state index contributed by atoms with van der Waals surface area (Å²) < 4.78 is 5.33. The van der Waals surface area contributed by atoms with Crippen molar-refractivity contribution in [3.63, 3.8) is 0 Å². The fourth-order valence-corrected chi connectivity index (χ4v) is 10.8. The molecule has 1 heterocycles. The first-order valence-electron chi connectivity index (χ1n) is 16.1. The van der Waals surface area contributed by atoms with Gasteiger partial charge in [0.25, 0.3) is 0 Å². The van der Waals surface area contributed by atoms with Crippen LogP contribution in [0.15, 0.2) is 65.4 Å². The Morgan fingerprint density at radius 2 is 1.59 bits per heavy atom. The third-order valence-corrected chi connectivity index (χ3v) is 13.9. The van der Waals surface area contributed by atoms with Crippen molar-refractivity contribution in [2.24, 2.45) is 33.0 Å². The van der Waals surface area contributed by atoms with Crippen LogP contribution in [0.3, 0.4) is 0 Å². The number of Topliss-reactive ketones (excluding diaryl/α,β-unsaturated/α-hetero) is 1. The van der Waals surface area contributed by atoms with E-state index in [1.807, 2.05) is 37.4 Å². The highest BCUT2D eigenvalue weighted by molar-refractivity contribution is 6.47. The molecule has 5 aliphatic rings. The van der Waals surface area contributed by atoms with Crippen LogP contribution < -0.4 is 0 Å². The van der Waals surface area contributed by atoms with E-state index in [-0.39, 0.29) is 40.8 Å². The second kappa shape index (κ2) is 9.40. The zero-order chi connectivity index (χ0) is 30.8. The number of aromatic nitrogens is 1. The number of ketones is 2. The lowest BCUT2D eigenvalue weighted by molar-refractivity contribution is -0.180. The molecule has 0 bridgehead atoms. The Bertz CT molecular complexity index is 1710. The molecule has 1 N–H and O–H groups in total. The number of carbonyl (C=O) groups is 3. The number of fused-ring (bicyclic) bond motifs is 8. The highest BCUT2D eigenvalue weighted by Gasteiger charge is 2.68. The van der Waals surface area contributed by atoms with E-state index in [1.165, 1.54) is 12.7 Å². The van der Waals surface area contributed by atoms with E-state index < -0.39 is 16.6 Å². The lowest BCUT2D eigenvalue weighted by Crippen LogP contribution is -2.62. The highest BCUT2D eigenvalue weighted by atomic mass is 16.5. The minimum atomic E-state index is -1.07. The van der Waals surface area contributed by atoms with Gasteiger partial charge in [0.05, 0.1) is 17.9 Å². The number of ether oxygens (including phenoxy) is 1. The van der Waals surface area contributed by atoms with E-state index in [2.05, 4.69) is 51.8 Å². The van der Waals surface area contributed by atoms with E-state index in [9.17, 15) is 14.4 Å². The molecule has 234 valence electrons. The summed E-state index contributed by atoms with van der Waals surface area (Å²) in [6, 6.07) is 8.01. The van der Waals surface area contributed by atoms with Crippen molar-refractivity contribution in [3.05, 3.63) is 71.0 Å². The Labute approximate surface area is 262 Å². The summed E-state index contributed by atoms with van der Waals surface area (Å²) in [6.07, 6.45) is 15.0. The Kier molecular flexibility index (Phi) is 6.58. The van der Waals surface area contributed by atoms with Gasteiger partial charge in [0.1, 0.15) is 0 Å². The molecule has 0 amide bonds. The van der Waals surface area contributed by atoms with Gasteiger partial charge < -0.3 is 9.72 Å². The van der Waals surface area contributed by atoms with Crippen molar-refractivity contribution in [2.45, 2.75) is 99.3 Å². The number of rotatable bonds is 2. The lowest BCUT2D eigenvalue weighted by atomic mass is 9.34. The number of nitrogens with one attached hydrogen (secondary N) is 1. The molecular formula is C39H49NO4. The summed E-state index contributed by atoms with van der Waals surface area (Å²) in [7, 11) is 1.52. The van der Waals surface area contributed by atoms with Gasteiger partial charge in [-0.25, -0.2) is 0 Å². The van der Waals surface area contributed by atoms with Crippen LogP contribution in [-0.4, -0.2) is 29.6 Å². The van der Waals surface area contributed by atoms with Gasteiger partial charge in [-0.15, -0.1) is 0 Å². The molecule has 5 heteroatoms. The quantitative estimate of drug-likeness (QED) is 0.279. The van der Waals surface area contributed by atoms with Crippen molar-refractivity contribution in [3.8, 4) is 0 Å². The minimum absolute atomic E-state index is 0. The predicted molar refractivity (Wildman–Crippen MR) is 175 cm³/mol. The highest BCUT2D eigenvalue weighted by Crippen LogP contribution is 2.75. The molecule has 44 heavy (non-hydrogen) atoms. The molecule has 0 aliphatic heterocycles. The zero-order valence-corrected chi connectivity index (χ0v) is 26.8. The van der Waals surface area contributed by atoms with Crippen LogP contribution in [0.1, 0.15) is 99.5 Å². The van der Waals surface area contributed by atoms with E-state index in [0.717, 1.165) is 72.6 Å². The van der Waals surface area contributed by atoms with Crippen LogP contribution in [0.25, 0.3) is 10.9 Å². The number of H-pyrrole nitrogens is 1. The Balaban J connectivity index is 0.00000343. The summed E-state index contributed by atoms with van der Waals surface area (Å²) in [5, 5.41) is 0.980. The third-order valence-electron chi connectivity index (χ3n) is 13.9. The van der Waals surface area contributed by atoms with Crippen LogP contribution in [0.4, 0.5) is 0 Å². The first-order valence-corrected chi connectivity index (χ1v) is 16.1.